The Labute approximate surface area is 146 Å². The van der Waals surface area contributed by atoms with Gasteiger partial charge in [-0.15, -0.1) is 11.3 Å². The molecule has 24 heavy (non-hydrogen) atoms. The van der Waals surface area contributed by atoms with Gasteiger partial charge >= 0.3 is 0 Å². The Morgan fingerprint density at radius 1 is 1.08 bits per heavy atom. The van der Waals surface area contributed by atoms with Crippen molar-refractivity contribution in [3.05, 3.63) is 70.0 Å². The van der Waals surface area contributed by atoms with Gasteiger partial charge in [0.2, 0.25) is 10.0 Å². The fourth-order valence-corrected chi connectivity index (χ4v) is 4.17. The smallest absolute Gasteiger partial charge is 0.236 e. The summed E-state index contributed by atoms with van der Waals surface area (Å²) in [6.07, 6.45) is 0. The molecule has 0 spiro atoms. The highest BCUT2D eigenvalue weighted by Crippen LogP contribution is 2.25. The van der Waals surface area contributed by atoms with Crippen LogP contribution < -0.4 is 4.72 Å². The van der Waals surface area contributed by atoms with Crippen LogP contribution in [-0.2, 0) is 15.8 Å². The molecule has 0 bridgehead atoms. The van der Waals surface area contributed by atoms with E-state index in [1.165, 1.54) is 0 Å². The summed E-state index contributed by atoms with van der Waals surface area (Å²) >= 11 is 1.57. The highest BCUT2D eigenvalue weighted by Gasteiger charge is 2.12. The molecule has 0 aliphatic rings. The van der Waals surface area contributed by atoms with Crippen molar-refractivity contribution in [2.24, 2.45) is 0 Å². The van der Waals surface area contributed by atoms with Gasteiger partial charge in [0.1, 0.15) is 0 Å². The zero-order valence-corrected chi connectivity index (χ0v) is 15.1. The minimum Gasteiger partial charge on any atom is -0.283 e. The summed E-state index contributed by atoms with van der Waals surface area (Å²) in [5.74, 6) is -0.0483. The minimum atomic E-state index is -3.46. The number of hydrogen-bond donors (Lipinski definition) is 1. The molecule has 0 aliphatic carbocycles. The molecule has 0 aliphatic heterocycles. The molecule has 0 amide bonds. The minimum absolute atomic E-state index is 0.0483. The first-order valence-electron chi connectivity index (χ1n) is 7.50. The van der Waals surface area contributed by atoms with Gasteiger partial charge in [-0.25, -0.2) is 13.4 Å². The van der Waals surface area contributed by atoms with Crippen molar-refractivity contribution in [2.45, 2.75) is 19.6 Å². The first-order chi connectivity index (χ1) is 11.4. The highest BCUT2D eigenvalue weighted by molar-refractivity contribution is 7.91. The molecule has 0 radical (unpaired) electrons. The normalized spacial score (nSPS) is 11.4. The van der Waals surface area contributed by atoms with E-state index in [9.17, 15) is 8.42 Å². The van der Waals surface area contributed by atoms with Gasteiger partial charge in [0, 0.05) is 16.6 Å². The lowest BCUT2D eigenvalue weighted by Gasteiger charge is -2.09. The summed E-state index contributed by atoms with van der Waals surface area (Å²) in [6, 6.07) is 14.8. The van der Waals surface area contributed by atoms with Gasteiger partial charge in [0.15, 0.2) is 0 Å². The fraction of sp³-hybridized carbons (Fsp3) is 0.167. The van der Waals surface area contributed by atoms with Crippen molar-refractivity contribution in [3.8, 4) is 11.3 Å². The molecule has 3 rings (SSSR count). The number of nitrogens with zero attached hydrogens (tertiary/aromatic N) is 1. The molecule has 3 aromatic rings. The van der Waals surface area contributed by atoms with Crippen LogP contribution in [0.4, 0.5) is 5.69 Å². The van der Waals surface area contributed by atoms with Crippen molar-refractivity contribution >= 4 is 27.0 Å². The zero-order valence-electron chi connectivity index (χ0n) is 13.5. The quantitative estimate of drug-likeness (QED) is 0.737. The molecule has 0 atom stereocenters. The predicted molar refractivity (Wildman–Crippen MR) is 99.7 cm³/mol. The van der Waals surface area contributed by atoms with E-state index >= 15 is 0 Å². The number of nitrogens with one attached hydrogen (secondary N) is 1. The van der Waals surface area contributed by atoms with Crippen LogP contribution in [0.1, 0.15) is 16.1 Å². The van der Waals surface area contributed by atoms with E-state index in [-0.39, 0.29) is 5.75 Å². The van der Waals surface area contributed by atoms with Crippen molar-refractivity contribution in [1.29, 1.82) is 0 Å². The third-order valence-electron chi connectivity index (χ3n) is 3.53. The highest BCUT2D eigenvalue weighted by atomic mass is 32.2. The van der Waals surface area contributed by atoms with E-state index in [1.54, 1.807) is 23.5 Å². The average molecular weight is 358 g/mol. The largest absolute Gasteiger partial charge is 0.283 e. The molecule has 0 saturated heterocycles. The van der Waals surface area contributed by atoms with Gasteiger partial charge in [-0.2, -0.15) is 0 Å². The molecular weight excluding hydrogens is 340 g/mol. The van der Waals surface area contributed by atoms with E-state index < -0.39 is 10.0 Å². The van der Waals surface area contributed by atoms with E-state index in [4.69, 9.17) is 0 Å². The van der Waals surface area contributed by atoms with Gasteiger partial charge in [0.25, 0.3) is 0 Å². The number of aromatic nitrogens is 1. The number of rotatable bonds is 5. The Balaban J connectivity index is 1.78. The summed E-state index contributed by atoms with van der Waals surface area (Å²) in [7, 11) is -3.46. The van der Waals surface area contributed by atoms with Gasteiger partial charge in [-0.3, -0.25) is 4.72 Å². The molecular formula is C18H18N2O2S2. The average Bonchev–Trinajstić information content (AvgIpc) is 2.96. The van der Waals surface area contributed by atoms with Crippen LogP contribution in [0.5, 0.6) is 0 Å². The maximum Gasteiger partial charge on any atom is 0.236 e. The van der Waals surface area contributed by atoms with Crippen LogP contribution in [-0.4, -0.2) is 13.4 Å². The molecule has 124 valence electrons. The number of thiazole rings is 1. The number of hydrogen-bond acceptors (Lipinski definition) is 4. The summed E-state index contributed by atoms with van der Waals surface area (Å²) in [5.41, 5.74) is 4.17. The topological polar surface area (TPSA) is 59.1 Å². The second-order valence-electron chi connectivity index (χ2n) is 5.68. The van der Waals surface area contributed by atoms with Crippen LogP contribution in [0.2, 0.25) is 0 Å². The van der Waals surface area contributed by atoms with Gasteiger partial charge < -0.3 is 0 Å². The molecule has 4 nitrogen and oxygen atoms in total. The molecule has 6 heteroatoms. The third-order valence-corrected chi connectivity index (χ3v) is 5.56. The number of aryl methyl sites for hydroxylation is 2. The Morgan fingerprint density at radius 2 is 1.83 bits per heavy atom. The van der Waals surface area contributed by atoms with Crippen LogP contribution in [0, 0.1) is 13.8 Å². The Hall–Kier alpha value is -2.18. The SMILES string of the molecule is Cc1ccc(CS(=O)(=O)Nc2cccc(-c3csc(C)n3)c2)cc1. The molecule has 0 saturated carbocycles. The molecule has 2 aromatic carbocycles. The first kappa shape index (κ1) is 16.7. The lowest BCUT2D eigenvalue weighted by Crippen LogP contribution is -2.15. The predicted octanol–water partition coefficient (Wildman–Crippen LogP) is 4.37. The molecule has 1 aromatic heterocycles. The van der Waals surface area contributed by atoms with E-state index in [0.29, 0.717) is 5.69 Å². The Kier molecular flexibility index (Phi) is 4.69. The van der Waals surface area contributed by atoms with E-state index in [0.717, 1.165) is 27.4 Å². The number of anilines is 1. The molecule has 1 N–H and O–H groups in total. The monoisotopic (exact) mass is 358 g/mol. The van der Waals surface area contributed by atoms with Crippen LogP contribution in [0.15, 0.2) is 53.9 Å². The molecule has 1 heterocycles. The number of sulfonamides is 1. The maximum atomic E-state index is 12.4. The van der Waals surface area contributed by atoms with Crippen LogP contribution in [0.3, 0.4) is 0 Å². The fourth-order valence-electron chi connectivity index (χ4n) is 2.36. The van der Waals surface area contributed by atoms with Crippen LogP contribution >= 0.6 is 11.3 Å². The van der Waals surface area contributed by atoms with Crippen LogP contribution in [0.25, 0.3) is 11.3 Å². The van der Waals surface area contributed by atoms with Crippen molar-refractivity contribution in [2.75, 3.05) is 4.72 Å². The van der Waals surface area contributed by atoms with E-state index in [1.807, 2.05) is 55.6 Å². The standard InChI is InChI=1S/C18H18N2O2S2/c1-13-6-8-15(9-7-13)12-24(21,22)20-17-5-3-4-16(10-17)18-11-23-14(2)19-18/h3-11,20H,12H2,1-2H3. The lowest BCUT2D eigenvalue weighted by molar-refractivity contribution is 0.600. The maximum absolute atomic E-state index is 12.4. The first-order valence-corrected chi connectivity index (χ1v) is 10.0. The second-order valence-corrected chi connectivity index (χ2v) is 8.46. The summed E-state index contributed by atoms with van der Waals surface area (Å²) in [5, 5.41) is 2.95. The second kappa shape index (κ2) is 6.75. The number of benzene rings is 2. The van der Waals surface area contributed by atoms with Gasteiger partial charge in [-0.1, -0.05) is 42.0 Å². The summed E-state index contributed by atoms with van der Waals surface area (Å²) < 4.78 is 27.4. The van der Waals surface area contributed by atoms with Gasteiger partial charge in [-0.05, 0) is 31.5 Å². The van der Waals surface area contributed by atoms with Crippen molar-refractivity contribution in [1.82, 2.24) is 4.98 Å². The molecule has 0 fully saturated rings. The Bertz CT molecular complexity index is 945. The third kappa shape index (κ3) is 4.21. The van der Waals surface area contributed by atoms with Crippen molar-refractivity contribution in [3.63, 3.8) is 0 Å². The van der Waals surface area contributed by atoms with Crippen molar-refractivity contribution < 1.29 is 8.42 Å². The Morgan fingerprint density at radius 3 is 2.50 bits per heavy atom. The molecule has 0 unspecified atom stereocenters. The van der Waals surface area contributed by atoms with E-state index in [2.05, 4.69) is 9.71 Å². The van der Waals surface area contributed by atoms with Gasteiger partial charge in [0.05, 0.1) is 16.5 Å². The summed E-state index contributed by atoms with van der Waals surface area (Å²) in [6.45, 7) is 3.92. The zero-order chi connectivity index (χ0) is 17.2. The summed E-state index contributed by atoms with van der Waals surface area (Å²) in [4.78, 5) is 4.44. The lowest BCUT2D eigenvalue weighted by atomic mass is 10.1.